The van der Waals surface area contributed by atoms with Gasteiger partial charge >= 0.3 is 0 Å². The van der Waals surface area contributed by atoms with E-state index < -0.39 is 0 Å². The van der Waals surface area contributed by atoms with Crippen molar-refractivity contribution in [2.45, 2.75) is 26.2 Å². The smallest absolute Gasteiger partial charge is 0.205 e. The van der Waals surface area contributed by atoms with Crippen molar-refractivity contribution >= 4 is 16.7 Å². The van der Waals surface area contributed by atoms with Crippen LogP contribution in [0.1, 0.15) is 32.0 Å². The molecule has 0 aromatic carbocycles. The Morgan fingerprint density at radius 3 is 2.93 bits per heavy atom. The van der Waals surface area contributed by atoms with E-state index >= 15 is 0 Å². The molecule has 4 nitrogen and oxygen atoms in total. The summed E-state index contributed by atoms with van der Waals surface area (Å²) in [5.41, 5.74) is 5.67. The molecular formula is C10H18N4S. The number of nitrogens with zero attached hydrogens (tertiary/aromatic N) is 3. The number of hydrogen-bond donors (Lipinski definition) is 1. The van der Waals surface area contributed by atoms with Crippen molar-refractivity contribution in [1.82, 2.24) is 9.36 Å². The number of anilines is 1. The minimum absolute atomic E-state index is 0.419. The molecule has 2 N–H and O–H groups in total. The van der Waals surface area contributed by atoms with E-state index in [2.05, 4.69) is 28.1 Å². The molecule has 1 aliphatic rings. The van der Waals surface area contributed by atoms with Gasteiger partial charge in [-0.3, -0.25) is 0 Å². The molecule has 0 radical (unpaired) electrons. The van der Waals surface area contributed by atoms with Crippen LogP contribution in [0.25, 0.3) is 0 Å². The molecule has 84 valence electrons. The predicted molar refractivity (Wildman–Crippen MR) is 63.4 cm³/mol. The van der Waals surface area contributed by atoms with Gasteiger partial charge in [0.1, 0.15) is 5.82 Å². The van der Waals surface area contributed by atoms with E-state index in [1.165, 1.54) is 18.0 Å². The average molecular weight is 226 g/mol. The summed E-state index contributed by atoms with van der Waals surface area (Å²) >= 11 is 1.51. The first-order valence-corrected chi connectivity index (χ1v) is 6.26. The Balaban J connectivity index is 2.04. The van der Waals surface area contributed by atoms with E-state index in [1.54, 1.807) is 0 Å². The normalized spacial score (nSPS) is 21.6. The minimum atomic E-state index is 0.419. The molecular weight excluding hydrogens is 208 g/mol. The highest BCUT2D eigenvalue weighted by Gasteiger charge is 2.24. The third-order valence-corrected chi connectivity index (χ3v) is 3.63. The van der Waals surface area contributed by atoms with E-state index in [9.17, 15) is 0 Å². The van der Waals surface area contributed by atoms with Crippen LogP contribution in [0.3, 0.4) is 0 Å². The first-order valence-electron chi connectivity index (χ1n) is 5.49. The van der Waals surface area contributed by atoms with E-state index in [4.69, 9.17) is 5.73 Å². The van der Waals surface area contributed by atoms with Crippen LogP contribution in [0.15, 0.2) is 0 Å². The van der Waals surface area contributed by atoms with Gasteiger partial charge in [-0.05, 0) is 18.9 Å². The largest absolute Gasteiger partial charge is 0.347 e. The van der Waals surface area contributed by atoms with Crippen molar-refractivity contribution in [2.24, 2.45) is 11.7 Å². The fourth-order valence-electron chi connectivity index (χ4n) is 1.79. The molecule has 0 aliphatic carbocycles. The third-order valence-electron chi connectivity index (χ3n) is 2.84. The molecule has 1 atom stereocenters. The first kappa shape index (κ1) is 10.8. The van der Waals surface area contributed by atoms with E-state index in [-0.39, 0.29) is 0 Å². The van der Waals surface area contributed by atoms with Crippen molar-refractivity contribution in [3.8, 4) is 0 Å². The monoisotopic (exact) mass is 226 g/mol. The standard InChI is InChI=1S/C10H18N4S/c1-7(2)9-12-10(15-13-9)14-4-3-8(5-11)6-14/h7-8H,3-6,11H2,1-2H3. The maximum atomic E-state index is 5.67. The van der Waals surface area contributed by atoms with Crippen LogP contribution in [0.4, 0.5) is 5.13 Å². The zero-order valence-corrected chi connectivity index (χ0v) is 10.1. The summed E-state index contributed by atoms with van der Waals surface area (Å²) in [6.45, 7) is 7.15. The Morgan fingerprint density at radius 2 is 2.40 bits per heavy atom. The second-order valence-electron chi connectivity index (χ2n) is 4.43. The van der Waals surface area contributed by atoms with Gasteiger partial charge in [-0.2, -0.15) is 4.37 Å². The number of hydrogen-bond acceptors (Lipinski definition) is 5. The SMILES string of the molecule is CC(C)c1nsc(N2CCC(CN)C2)n1. The van der Waals surface area contributed by atoms with E-state index in [1.807, 2.05) is 0 Å². The molecule has 1 aliphatic heterocycles. The van der Waals surface area contributed by atoms with Crippen LogP contribution in [-0.2, 0) is 0 Å². The topological polar surface area (TPSA) is 55.0 Å². The van der Waals surface area contributed by atoms with Crippen LogP contribution in [-0.4, -0.2) is 29.0 Å². The molecule has 0 saturated carbocycles. The Labute approximate surface area is 94.7 Å². The predicted octanol–water partition coefficient (Wildman–Crippen LogP) is 1.45. The van der Waals surface area contributed by atoms with Crippen LogP contribution >= 0.6 is 11.5 Å². The van der Waals surface area contributed by atoms with Gasteiger partial charge < -0.3 is 10.6 Å². The molecule has 1 fully saturated rings. The van der Waals surface area contributed by atoms with Crippen LogP contribution < -0.4 is 10.6 Å². The van der Waals surface area contributed by atoms with Gasteiger partial charge in [0.15, 0.2) is 0 Å². The van der Waals surface area contributed by atoms with Crippen LogP contribution in [0.2, 0.25) is 0 Å². The van der Waals surface area contributed by atoms with E-state index in [0.717, 1.165) is 30.6 Å². The first-order chi connectivity index (χ1) is 7.20. The quantitative estimate of drug-likeness (QED) is 0.847. The summed E-state index contributed by atoms with van der Waals surface area (Å²) in [6.07, 6.45) is 1.19. The van der Waals surface area contributed by atoms with E-state index in [0.29, 0.717) is 11.8 Å². The maximum Gasteiger partial charge on any atom is 0.205 e. The molecule has 1 aromatic heterocycles. The lowest BCUT2D eigenvalue weighted by Crippen LogP contribution is -2.22. The lowest BCUT2D eigenvalue weighted by atomic mass is 10.1. The summed E-state index contributed by atoms with van der Waals surface area (Å²) < 4.78 is 4.37. The van der Waals surface area contributed by atoms with Gasteiger partial charge in [-0.1, -0.05) is 13.8 Å². The summed E-state index contributed by atoms with van der Waals surface area (Å²) in [5, 5.41) is 1.06. The fraction of sp³-hybridized carbons (Fsp3) is 0.800. The Morgan fingerprint density at radius 1 is 1.60 bits per heavy atom. The number of aromatic nitrogens is 2. The van der Waals surface area contributed by atoms with Crippen LogP contribution in [0.5, 0.6) is 0 Å². The number of nitrogens with two attached hydrogens (primary N) is 1. The molecule has 2 heterocycles. The molecule has 2 rings (SSSR count). The Kier molecular flexibility index (Phi) is 3.21. The summed E-state index contributed by atoms with van der Waals surface area (Å²) in [4.78, 5) is 6.86. The summed E-state index contributed by atoms with van der Waals surface area (Å²) in [5.74, 6) is 2.02. The lowest BCUT2D eigenvalue weighted by Gasteiger charge is -2.13. The zero-order chi connectivity index (χ0) is 10.8. The van der Waals surface area contributed by atoms with Crippen molar-refractivity contribution in [2.75, 3.05) is 24.5 Å². The van der Waals surface area contributed by atoms with Crippen molar-refractivity contribution in [3.63, 3.8) is 0 Å². The maximum absolute atomic E-state index is 5.67. The molecule has 15 heavy (non-hydrogen) atoms. The summed E-state index contributed by atoms with van der Waals surface area (Å²) in [6, 6.07) is 0. The second-order valence-corrected chi connectivity index (χ2v) is 5.16. The molecule has 1 aromatic rings. The molecule has 5 heteroatoms. The minimum Gasteiger partial charge on any atom is -0.347 e. The summed E-state index contributed by atoms with van der Waals surface area (Å²) in [7, 11) is 0. The molecule has 0 bridgehead atoms. The van der Waals surface area contributed by atoms with Gasteiger partial charge in [0.05, 0.1) is 0 Å². The highest BCUT2D eigenvalue weighted by atomic mass is 32.1. The molecule has 0 spiro atoms. The van der Waals surface area contributed by atoms with Gasteiger partial charge in [0.2, 0.25) is 5.13 Å². The highest BCUT2D eigenvalue weighted by molar-refractivity contribution is 7.09. The number of rotatable bonds is 3. The van der Waals surface area contributed by atoms with Crippen molar-refractivity contribution in [3.05, 3.63) is 5.82 Å². The van der Waals surface area contributed by atoms with Crippen molar-refractivity contribution < 1.29 is 0 Å². The molecule has 1 unspecified atom stereocenters. The Hall–Kier alpha value is -0.680. The Bertz CT molecular complexity index is 323. The van der Waals surface area contributed by atoms with Gasteiger partial charge in [-0.15, -0.1) is 0 Å². The zero-order valence-electron chi connectivity index (χ0n) is 9.31. The second kappa shape index (κ2) is 4.45. The molecule has 1 saturated heterocycles. The highest BCUT2D eigenvalue weighted by Crippen LogP contribution is 2.26. The van der Waals surface area contributed by atoms with Gasteiger partial charge in [0.25, 0.3) is 0 Å². The molecule has 0 amide bonds. The lowest BCUT2D eigenvalue weighted by molar-refractivity contribution is 0.602. The average Bonchev–Trinajstić information content (AvgIpc) is 2.86. The fourth-order valence-corrected chi connectivity index (χ4v) is 2.63. The van der Waals surface area contributed by atoms with Gasteiger partial charge in [0, 0.05) is 30.5 Å². The van der Waals surface area contributed by atoms with Crippen LogP contribution in [0, 0.1) is 5.92 Å². The third kappa shape index (κ3) is 2.29. The van der Waals surface area contributed by atoms with Crippen molar-refractivity contribution in [1.29, 1.82) is 0 Å². The van der Waals surface area contributed by atoms with Gasteiger partial charge in [-0.25, -0.2) is 4.98 Å².